The smallest absolute Gasteiger partial charge is 0.231 e. The average Bonchev–Trinajstić information content (AvgIpc) is 3.49. The van der Waals surface area contributed by atoms with Crippen LogP contribution in [-0.4, -0.2) is 24.0 Å². The molecule has 0 saturated carbocycles. The molecule has 3 aromatic carbocycles. The van der Waals surface area contributed by atoms with Crippen LogP contribution in [0.5, 0.6) is 23.0 Å². The van der Waals surface area contributed by atoms with E-state index in [0.717, 1.165) is 11.1 Å². The summed E-state index contributed by atoms with van der Waals surface area (Å²) >= 11 is 0. The molecule has 0 radical (unpaired) electrons. The Labute approximate surface area is 193 Å². The van der Waals surface area contributed by atoms with Gasteiger partial charge in [0.05, 0.1) is 6.07 Å². The van der Waals surface area contributed by atoms with Crippen molar-refractivity contribution in [3.05, 3.63) is 81.2 Å². The van der Waals surface area contributed by atoms with E-state index in [1.807, 2.05) is 12.1 Å². The Hall–Kier alpha value is -3.90. The molecule has 0 spiro atoms. The van der Waals surface area contributed by atoms with Gasteiger partial charge in [0, 0.05) is 11.1 Å². The highest BCUT2D eigenvalue weighted by Gasteiger charge is 2.18. The van der Waals surface area contributed by atoms with Crippen LogP contribution in [0.4, 0.5) is 11.4 Å². The van der Waals surface area contributed by atoms with Crippen LogP contribution < -0.4 is 29.4 Å². The average molecular weight is 464 g/mol. The first-order valence-electron chi connectivity index (χ1n) is 10.3. The Bertz CT molecular complexity index is 1190. The van der Waals surface area contributed by atoms with Crippen LogP contribution in [0.3, 0.4) is 0 Å². The zero-order valence-electron chi connectivity index (χ0n) is 17.7. The van der Waals surface area contributed by atoms with E-state index in [0.29, 0.717) is 34.1 Å². The van der Waals surface area contributed by atoms with Crippen LogP contribution in [-0.2, 0) is 0 Å². The van der Waals surface area contributed by atoms with Crippen molar-refractivity contribution >= 4 is 35.7 Å². The maximum absolute atomic E-state index is 11.9. The van der Waals surface area contributed by atoms with Crippen molar-refractivity contribution in [3.63, 3.8) is 0 Å². The summed E-state index contributed by atoms with van der Waals surface area (Å²) in [5.74, 6) is 2.50. The van der Waals surface area contributed by atoms with Crippen LogP contribution >= 0.6 is 0 Å². The lowest BCUT2D eigenvalue weighted by atomic mass is 10.0. The third kappa shape index (κ3) is 4.45. The second kappa shape index (κ2) is 9.15. The molecule has 0 saturated heterocycles. The zero-order valence-corrected chi connectivity index (χ0v) is 17.7. The summed E-state index contributed by atoms with van der Waals surface area (Å²) in [7, 11) is 0. The molecule has 0 aliphatic carbocycles. The van der Waals surface area contributed by atoms with Gasteiger partial charge in [-0.3, -0.25) is 0 Å². The second-order valence-corrected chi connectivity index (χ2v) is 7.53. The van der Waals surface area contributed by atoms with Crippen LogP contribution in [0.1, 0.15) is 22.3 Å². The molecule has 10 nitrogen and oxygen atoms in total. The summed E-state index contributed by atoms with van der Waals surface area (Å²) in [6.45, 7) is 0.308. The van der Waals surface area contributed by atoms with Gasteiger partial charge in [0.15, 0.2) is 34.4 Å². The number of hydrogen-bond acceptors (Lipinski definition) is 8. The first kappa shape index (κ1) is 21.9. The Kier molecular flexibility index (Phi) is 5.90. The van der Waals surface area contributed by atoms with Gasteiger partial charge in [0.1, 0.15) is 0 Å². The second-order valence-electron chi connectivity index (χ2n) is 7.53. The molecule has 3 aromatic rings. The first-order valence-corrected chi connectivity index (χ1v) is 10.3. The summed E-state index contributed by atoms with van der Waals surface area (Å²) < 4.78 is 21.4. The maximum atomic E-state index is 11.9. The number of fused-ring (bicyclic) bond motifs is 2. The van der Waals surface area contributed by atoms with Crippen LogP contribution in [0.2, 0.25) is 0 Å². The van der Waals surface area contributed by atoms with Crippen molar-refractivity contribution in [2.24, 2.45) is 0 Å². The van der Waals surface area contributed by atoms with Crippen molar-refractivity contribution in [2.75, 3.05) is 13.6 Å². The molecule has 0 amide bonds. The van der Waals surface area contributed by atoms with Gasteiger partial charge in [-0.2, -0.15) is 10.5 Å². The van der Waals surface area contributed by atoms with E-state index >= 15 is 0 Å². The quantitative estimate of drug-likeness (QED) is 0.323. The van der Waals surface area contributed by atoms with Crippen molar-refractivity contribution < 1.29 is 39.8 Å². The Morgan fingerprint density at radius 1 is 0.588 bits per heavy atom. The molecule has 5 rings (SSSR count). The number of benzene rings is 3. The maximum Gasteiger partial charge on any atom is 0.231 e. The predicted octanol–water partition coefficient (Wildman–Crippen LogP) is 2.29. The Balaban J connectivity index is 1.50. The van der Waals surface area contributed by atoms with E-state index < -0.39 is 10.5 Å². The molecular weight excluding hydrogens is 444 g/mol. The third-order valence-corrected chi connectivity index (χ3v) is 5.39. The molecule has 0 aromatic heterocycles. The van der Waals surface area contributed by atoms with E-state index in [1.165, 1.54) is 6.07 Å². The number of ether oxygens (including phenoxy) is 4. The normalized spacial score (nSPS) is 15.9. The van der Waals surface area contributed by atoms with Gasteiger partial charge in [-0.15, -0.1) is 0 Å². The lowest BCUT2D eigenvalue weighted by molar-refractivity contribution is -0.996. The molecule has 34 heavy (non-hydrogen) atoms. The minimum atomic E-state index is -1.22. The predicted molar refractivity (Wildman–Crippen MR) is 121 cm³/mol. The van der Waals surface area contributed by atoms with Gasteiger partial charge in [-0.05, 0) is 53.6 Å². The van der Waals surface area contributed by atoms with Crippen LogP contribution in [0.25, 0.3) is 24.3 Å². The van der Waals surface area contributed by atoms with Crippen molar-refractivity contribution in [2.45, 2.75) is 0 Å². The highest BCUT2D eigenvalue weighted by atomic mass is 16.8. The van der Waals surface area contributed by atoms with E-state index in [9.17, 15) is 20.8 Å². The third-order valence-electron chi connectivity index (χ3n) is 5.39. The van der Waals surface area contributed by atoms with E-state index in [4.69, 9.17) is 18.9 Å². The van der Waals surface area contributed by atoms with Gasteiger partial charge >= 0.3 is 0 Å². The van der Waals surface area contributed by atoms with Crippen molar-refractivity contribution in [1.82, 2.24) is 0 Å². The van der Waals surface area contributed by atoms with Crippen LogP contribution in [0, 0.1) is 10.4 Å². The molecule has 2 aliphatic heterocycles. The van der Waals surface area contributed by atoms with Crippen LogP contribution in [0.15, 0.2) is 48.5 Å². The number of nitrogens with one attached hydrogen (secondary N) is 2. The van der Waals surface area contributed by atoms with E-state index in [2.05, 4.69) is 0 Å². The Morgan fingerprint density at radius 3 is 1.47 bits per heavy atom. The van der Waals surface area contributed by atoms with Gasteiger partial charge in [-0.1, -0.05) is 24.3 Å². The fraction of sp³-hybridized carbons (Fsp3) is 0.0833. The Morgan fingerprint density at radius 2 is 1.03 bits per heavy atom. The fourth-order valence-corrected chi connectivity index (χ4v) is 3.69. The van der Waals surface area contributed by atoms with Crippen molar-refractivity contribution in [3.8, 4) is 23.0 Å². The first-order chi connectivity index (χ1) is 16.5. The van der Waals surface area contributed by atoms with Gasteiger partial charge in [0.2, 0.25) is 13.6 Å². The molecule has 0 bridgehead atoms. The zero-order chi connectivity index (χ0) is 23.7. The monoisotopic (exact) mass is 464 g/mol. The number of rotatable bonds is 6. The molecule has 2 aliphatic rings. The van der Waals surface area contributed by atoms with E-state index in [-0.39, 0.29) is 25.0 Å². The lowest BCUT2D eigenvalue weighted by Gasteiger charge is -2.19. The molecule has 4 N–H and O–H groups in total. The summed E-state index contributed by atoms with van der Waals surface area (Å²) in [4.78, 5) is 0. The van der Waals surface area contributed by atoms with Gasteiger partial charge in [0.25, 0.3) is 0 Å². The topological polar surface area (TPSA) is 132 Å². The largest absolute Gasteiger partial charge is 0.595 e. The van der Waals surface area contributed by atoms with E-state index in [1.54, 1.807) is 54.6 Å². The lowest BCUT2D eigenvalue weighted by Crippen LogP contribution is -3.01. The molecule has 2 atom stereocenters. The number of quaternary nitrogens is 2. The molecule has 10 heteroatoms. The highest BCUT2D eigenvalue weighted by molar-refractivity contribution is 5.82. The standard InChI is InChI=1S/C24H20N2O8/c27-25(28)19-12-20(26(29)30)18(6-2-16-4-8-22-24(10-16)34-14-32-22)11-17(19)5-1-15-3-7-21-23(9-15)33-13-31-21/h1-12,25-27,29H,13-14H2. The molecule has 0 fully saturated rings. The summed E-state index contributed by atoms with van der Waals surface area (Å²) in [6, 6.07) is 13.5. The summed E-state index contributed by atoms with van der Waals surface area (Å²) in [6.07, 6.45) is 6.72. The van der Waals surface area contributed by atoms with Gasteiger partial charge in [-0.25, -0.2) is 10.4 Å². The summed E-state index contributed by atoms with van der Waals surface area (Å²) in [5, 5.41) is 40.6. The molecular formula is C24H20N2O8. The summed E-state index contributed by atoms with van der Waals surface area (Å²) in [5.41, 5.74) is 2.05. The number of hydrogen-bond donors (Lipinski definition) is 4. The van der Waals surface area contributed by atoms with Gasteiger partial charge < -0.3 is 29.4 Å². The SMILES string of the molecule is [O-][NH+](O)c1cc([NH+]([O-])O)c(C=Cc2ccc3c(c2)OCO3)cc1C=Cc1ccc2c(c1)OCO2. The highest BCUT2D eigenvalue weighted by Crippen LogP contribution is 2.34. The molecule has 2 heterocycles. The fourth-order valence-electron chi connectivity index (χ4n) is 3.69. The molecule has 174 valence electrons. The van der Waals surface area contributed by atoms with Crippen molar-refractivity contribution in [1.29, 1.82) is 0 Å². The molecule has 2 unspecified atom stereocenters. The minimum absolute atomic E-state index is 0.116. The minimum Gasteiger partial charge on any atom is -0.595 e.